The molecule has 7 heteroatoms. The lowest BCUT2D eigenvalue weighted by Gasteiger charge is -2.24. The number of unbranched alkanes of at least 4 members (excludes halogenated alkanes) is 1. The van der Waals surface area contributed by atoms with Crippen LogP contribution in [-0.4, -0.2) is 53.7 Å². The van der Waals surface area contributed by atoms with Crippen molar-refractivity contribution in [1.82, 2.24) is 4.90 Å². The minimum absolute atomic E-state index is 0.0777. The summed E-state index contributed by atoms with van der Waals surface area (Å²) in [6, 6.07) is -1.23. The molecule has 1 heterocycles. The van der Waals surface area contributed by atoms with Gasteiger partial charge in [-0.2, -0.15) is 0 Å². The maximum absolute atomic E-state index is 12.1. The van der Waals surface area contributed by atoms with Crippen LogP contribution < -0.4 is 0 Å². The van der Waals surface area contributed by atoms with E-state index in [1.165, 1.54) is 0 Å². The molecule has 1 N–H and O–H groups in total. The molecule has 0 bridgehead atoms. The van der Waals surface area contributed by atoms with E-state index in [-0.39, 0.29) is 25.3 Å². The van der Waals surface area contributed by atoms with Crippen molar-refractivity contribution in [2.24, 2.45) is 0 Å². The normalized spacial score (nSPS) is 18.1. The van der Waals surface area contributed by atoms with Crippen LogP contribution in [0.4, 0.5) is 0 Å². The fraction of sp³-hybridized carbons (Fsp3) is 0.643. The average Bonchev–Trinajstić information content (AvgIpc) is 2.70. The minimum Gasteiger partial charge on any atom is -0.503 e. The summed E-state index contributed by atoms with van der Waals surface area (Å²) >= 11 is 0. The number of esters is 2. The third-order valence-electron chi connectivity index (χ3n) is 3.06. The molecule has 118 valence electrons. The molecule has 0 aliphatic carbocycles. The van der Waals surface area contributed by atoms with E-state index in [1.807, 2.05) is 6.92 Å². The topological polar surface area (TPSA) is 93.1 Å². The van der Waals surface area contributed by atoms with E-state index in [0.29, 0.717) is 6.42 Å². The molecule has 0 radical (unpaired) electrons. The van der Waals surface area contributed by atoms with Crippen LogP contribution in [0.2, 0.25) is 0 Å². The zero-order valence-corrected chi connectivity index (χ0v) is 12.5. The van der Waals surface area contributed by atoms with E-state index >= 15 is 0 Å². The number of amides is 1. The molecule has 1 amide bonds. The number of carbonyl (C=O) groups is 3. The molecule has 1 rings (SSSR count). The van der Waals surface area contributed by atoms with Gasteiger partial charge in [-0.05, 0) is 20.3 Å². The first-order chi connectivity index (χ1) is 9.99. The maximum Gasteiger partial charge on any atom is 0.340 e. The van der Waals surface area contributed by atoms with Crippen molar-refractivity contribution in [2.75, 3.05) is 19.8 Å². The van der Waals surface area contributed by atoms with Crippen LogP contribution in [-0.2, 0) is 23.9 Å². The van der Waals surface area contributed by atoms with E-state index in [9.17, 15) is 19.5 Å². The summed E-state index contributed by atoms with van der Waals surface area (Å²) in [6.45, 7) is 5.60. The molecule has 0 aromatic heterocycles. The van der Waals surface area contributed by atoms with Crippen molar-refractivity contribution >= 4 is 17.8 Å². The second kappa shape index (κ2) is 7.66. The number of ether oxygens (including phenoxy) is 2. The molecular weight excluding hydrogens is 278 g/mol. The van der Waals surface area contributed by atoms with Crippen LogP contribution in [0, 0.1) is 0 Å². The Balaban J connectivity index is 3.13. The SMILES string of the molecule is CCCCN1C(=O)C(O)=C(C(=O)OCC)[C@H]1C(=O)OCC. The monoisotopic (exact) mass is 299 g/mol. The highest BCUT2D eigenvalue weighted by atomic mass is 16.5. The Hall–Kier alpha value is -2.05. The van der Waals surface area contributed by atoms with Gasteiger partial charge >= 0.3 is 11.9 Å². The van der Waals surface area contributed by atoms with E-state index in [1.54, 1.807) is 13.8 Å². The Morgan fingerprint density at radius 1 is 1.19 bits per heavy atom. The quantitative estimate of drug-likeness (QED) is 0.703. The minimum atomic E-state index is -1.23. The first kappa shape index (κ1) is 17.0. The van der Waals surface area contributed by atoms with Crippen molar-refractivity contribution in [1.29, 1.82) is 0 Å². The second-order valence-electron chi connectivity index (χ2n) is 4.49. The summed E-state index contributed by atoms with van der Waals surface area (Å²) in [6.07, 6.45) is 1.44. The van der Waals surface area contributed by atoms with Gasteiger partial charge in [-0.25, -0.2) is 9.59 Å². The highest BCUT2D eigenvalue weighted by Crippen LogP contribution is 2.27. The molecule has 0 spiro atoms. The van der Waals surface area contributed by atoms with Crippen LogP contribution in [0.15, 0.2) is 11.3 Å². The molecule has 0 saturated heterocycles. The second-order valence-corrected chi connectivity index (χ2v) is 4.49. The lowest BCUT2D eigenvalue weighted by Crippen LogP contribution is -2.44. The molecule has 0 unspecified atom stereocenters. The van der Waals surface area contributed by atoms with Gasteiger partial charge in [-0.1, -0.05) is 13.3 Å². The molecular formula is C14H21NO6. The molecule has 21 heavy (non-hydrogen) atoms. The fourth-order valence-electron chi connectivity index (χ4n) is 2.10. The van der Waals surface area contributed by atoms with Crippen LogP contribution in [0.3, 0.4) is 0 Å². The zero-order valence-electron chi connectivity index (χ0n) is 12.5. The van der Waals surface area contributed by atoms with E-state index in [0.717, 1.165) is 11.3 Å². The number of hydrogen-bond donors (Lipinski definition) is 1. The lowest BCUT2D eigenvalue weighted by atomic mass is 10.1. The summed E-state index contributed by atoms with van der Waals surface area (Å²) < 4.78 is 9.72. The standard InChI is InChI=1S/C14H21NO6/c1-4-7-8-15-10(14(19)21-6-3)9(11(16)12(15)17)13(18)20-5-2/h10,16H,4-8H2,1-3H3/t10-/m0/s1. The fourth-order valence-corrected chi connectivity index (χ4v) is 2.10. The Labute approximate surface area is 123 Å². The summed E-state index contributed by atoms with van der Waals surface area (Å²) in [4.78, 5) is 37.2. The number of aliphatic hydroxyl groups is 1. The summed E-state index contributed by atoms with van der Waals surface area (Å²) in [5.74, 6) is -3.10. The van der Waals surface area contributed by atoms with E-state index in [4.69, 9.17) is 9.47 Å². The first-order valence-electron chi connectivity index (χ1n) is 7.07. The molecule has 1 aliphatic heterocycles. The van der Waals surface area contributed by atoms with E-state index in [2.05, 4.69) is 0 Å². The van der Waals surface area contributed by atoms with Crippen LogP contribution in [0.25, 0.3) is 0 Å². The van der Waals surface area contributed by atoms with Crippen molar-refractivity contribution in [3.8, 4) is 0 Å². The Bertz CT molecular complexity index is 456. The van der Waals surface area contributed by atoms with E-state index < -0.39 is 29.6 Å². The largest absolute Gasteiger partial charge is 0.503 e. The van der Waals surface area contributed by atoms with Gasteiger partial charge in [-0.15, -0.1) is 0 Å². The summed E-state index contributed by atoms with van der Waals surface area (Å²) in [5.41, 5.74) is -0.337. The molecule has 0 saturated carbocycles. The first-order valence-corrected chi connectivity index (χ1v) is 7.07. The lowest BCUT2D eigenvalue weighted by molar-refractivity contribution is -0.153. The summed E-state index contributed by atoms with van der Waals surface area (Å²) in [7, 11) is 0. The molecule has 0 aromatic rings. The number of rotatable bonds is 7. The maximum atomic E-state index is 12.1. The zero-order chi connectivity index (χ0) is 16.0. The third kappa shape index (κ3) is 3.53. The van der Waals surface area contributed by atoms with Gasteiger partial charge in [0, 0.05) is 6.54 Å². The number of aliphatic hydroxyl groups excluding tert-OH is 1. The van der Waals surface area contributed by atoms with Gasteiger partial charge in [0.15, 0.2) is 11.8 Å². The molecule has 0 aromatic carbocycles. The van der Waals surface area contributed by atoms with Gasteiger partial charge in [0.1, 0.15) is 5.57 Å². The van der Waals surface area contributed by atoms with Crippen LogP contribution in [0.1, 0.15) is 33.6 Å². The highest BCUT2D eigenvalue weighted by Gasteiger charge is 2.48. The van der Waals surface area contributed by atoms with Gasteiger partial charge in [0.25, 0.3) is 5.91 Å². The van der Waals surface area contributed by atoms with Gasteiger partial charge in [0.05, 0.1) is 13.2 Å². The third-order valence-corrected chi connectivity index (χ3v) is 3.06. The van der Waals surface area contributed by atoms with Crippen LogP contribution in [0.5, 0.6) is 0 Å². The van der Waals surface area contributed by atoms with Gasteiger partial charge < -0.3 is 19.5 Å². The number of carbonyl (C=O) groups excluding carboxylic acids is 3. The molecule has 1 aliphatic rings. The molecule has 0 fully saturated rings. The predicted molar refractivity (Wildman–Crippen MR) is 73.3 cm³/mol. The number of nitrogens with zero attached hydrogens (tertiary/aromatic N) is 1. The predicted octanol–water partition coefficient (Wildman–Crippen LogP) is 0.936. The molecule has 1 atom stereocenters. The summed E-state index contributed by atoms with van der Waals surface area (Å²) in [5, 5.41) is 9.89. The Kier molecular flexibility index (Phi) is 6.20. The Morgan fingerprint density at radius 2 is 1.81 bits per heavy atom. The van der Waals surface area contributed by atoms with Crippen molar-refractivity contribution < 1.29 is 29.0 Å². The average molecular weight is 299 g/mol. The van der Waals surface area contributed by atoms with Crippen molar-refractivity contribution in [3.05, 3.63) is 11.3 Å². The van der Waals surface area contributed by atoms with Crippen molar-refractivity contribution in [2.45, 2.75) is 39.7 Å². The molecule has 7 nitrogen and oxygen atoms in total. The van der Waals surface area contributed by atoms with Gasteiger partial charge in [0.2, 0.25) is 0 Å². The Morgan fingerprint density at radius 3 is 2.33 bits per heavy atom. The van der Waals surface area contributed by atoms with Crippen molar-refractivity contribution in [3.63, 3.8) is 0 Å². The highest BCUT2D eigenvalue weighted by molar-refractivity contribution is 6.11. The van der Waals surface area contributed by atoms with Crippen LogP contribution >= 0.6 is 0 Å². The van der Waals surface area contributed by atoms with Gasteiger partial charge in [-0.3, -0.25) is 4.79 Å². The smallest absolute Gasteiger partial charge is 0.340 e. The number of hydrogen-bond acceptors (Lipinski definition) is 6.